The monoisotopic (exact) mass is 507 g/mol. The van der Waals surface area contributed by atoms with Gasteiger partial charge in [0.1, 0.15) is 17.3 Å². The number of halogens is 1. The van der Waals surface area contributed by atoms with Crippen molar-refractivity contribution in [2.75, 3.05) is 18.6 Å². The van der Waals surface area contributed by atoms with E-state index in [1.54, 1.807) is 37.3 Å². The molecule has 1 fully saturated rings. The Labute approximate surface area is 211 Å². The SMILES string of the molecule is CCOC(=O)c1cccc(N2C(=O)C(=O)/C(=C(/O)c3cc(Cl)ccc3OC)C2c2cccc(O)c2)c1. The standard InChI is InChI=1S/C27H22ClNO7/c1-3-36-27(34)16-7-4-8-18(12-16)29-23(15-6-5-9-19(30)13-15)22(25(32)26(29)33)24(31)20-14-17(28)10-11-21(20)35-2/h4-14,23,30-31H,3H2,1-2H3/b24-22+. The topological polar surface area (TPSA) is 113 Å². The Morgan fingerprint density at radius 3 is 2.50 bits per heavy atom. The zero-order valence-corrected chi connectivity index (χ0v) is 20.2. The molecular formula is C27H22ClNO7. The van der Waals surface area contributed by atoms with E-state index < -0.39 is 29.5 Å². The van der Waals surface area contributed by atoms with Gasteiger partial charge in [-0.2, -0.15) is 0 Å². The van der Waals surface area contributed by atoms with Crippen LogP contribution in [0.1, 0.15) is 34.5 Å². The molecule has 0 radical (unpaired) electrons. The van der Waals surface area contributed by atoms with Gasteiger partial charge in [0.15, 0.2) is 0 Å². The van der Waals surface area contributed by atoms with E-state index in [4.69, 9.17) is 21.1 Å². The maximum Gasteiger partial charge on any atom is 0.338 e. The van der Waals surface area contributed by atoms with Crippen molar-refractivity contribution in [2.45, 2.75) is 13.0 Å². The quantitative estimate of drug-likeness (QED) is 0.212. The lowest BCUT2D eigenvalue weighted by Gasteiger charge is -2.26. The molecule has 0 aromatic heterocycles. The highest BCUT2D eigenvalue weighted by molar-refractivity contribution is 6.51. The lowest BCUT2D eigenvalue weighted by atomic mass is 9.94. The number of nitrogens with zero attached hydrogens (tertiary/aromatic N) is 1. The molecule has 0 saturated carbocycles. The molecule has 2 N–H and O–H groups in total. The van der Waals surface area contributed by atoms with Crippen LogP contribution < -0.4 is 9.64 Å². The number of amides is 1. The summed E-state index contributed by atoms with van der Waals surface area (Å²) in [6.45, 7) is 1.84. The molecule has 4 rings (SSSR count). The Bertz CT molecular complexity index is 1400. The van der Waals surface area contributed by atoms with E-state index in [1.165, 1.54) is 48.4 Å². The zero-order valence-electron chi connectivity index (χ0n) is 19.4. The molecule has 1 heterocycles. The lowest BCUT2D eigenvalue weighted by molar-refractivity contribution is -0.132. The van der Waals surface area contributed by atoms with Crippen LogP contribution in [-0.2, 0) is 14.3 Å². The van der Waals surface area contributed by atoms with Crippen LogP contribution in [0.4, 0.5) is 5.69 Å². The van der Waals surface area contributed by atoms with Gasteiger partial charge in [-0.05, 0) is 61.0 Å². The molecular weight excluding hydrogens is 486 g/mol. The Balaban J connectivity index is 1.96. The molecule has 36 heavy (non-hydrogen) atoms. The fourth-order valence-corrected chi connectivity index (χ4v) is 4.29. The van der Waals surface area contributed by atoms with Crippen LogP contribution in [-0.4, -0.2) is 41.6 Å². The first-order chi connectivity index (χ1) is 17.3. The number of aromatic hydroxyl groups is 1. The third-order valence-corrected chi connectivity index (χ3v) is 5.92. The van der Waals surface area contributed by atoms with E-state index in [-0.39, 0.29) is 45.5 Å². The second kappa shape index (κ2) is 10.1. The number of Topliss-reactive ketones (excluding diaryl/α,β-unsaturated/α-hetero) is 1. The molecule has 1 unspecified atom stereocenters. The van der Waals surface area contributed by atoms with E-state index in [0.717, 1.165) is 0 Å². The first-order valence-corrected chi connectivity index (χ1v) is 11.4. The highest BCUT2D eigenvalue weighted by atomic mass is 35.5. The molecule has 3 aromatic rings. The largest absolute Gasteiger partial charge is 0.508 e. The highest BCUT2D eigenvalue weighted by Gasteiger charge is 2.47. The van der Waals surface area contributed by atoms with E-state index in [1.807, 2.05) is 0 Å². The molecule has 9 heteroatoms. The summed E-state index contributed by atoms with van der Waals surface area (Å²) in [5, 5.41) is 21.7. The molecule has 8 nitrogen and oxygen atoms in total. The number of hydrogen-bond donors (Lipinski definition) is 2. The van der Waals surface area contributed by atoms with Crippen LogP contribution >= 0.6 is 11.6 Å². The number of benzene rings is 3. The van der Waals surface area contributed by atoms with Crippen LogP contribution in [0.25, 0.3) is 5.76 Å². The Hall–Kier alpha value is -4.30. The van der Waals surface area contributed by atoms with Gasteiger partial charge in [0.2, 0.25) is 0 Å². The summed E-state index contributed by atoms with van der Waals surface area (Å²) in [5.74, 6) is -2.82. The number of methoxy groups -OCH3 is 1. The Kier molecular flexibility index (Phi) is 6.98. The van der Waals surface area contributed by atoms with Crippen molar-refractivity contribution in [3.8, 4) is 11.5 Å². The van der Waals surface area contributed by atoms with E-state index in [9.17, 15) is 24.6 Å². The number of hydrogen-bond acceptors (Lipinski definition) is 7. The number of phenols is 1. The second-order valence-corrected chi connectivity index (χ2v) is 8.32. The van der Waals surface area contributed by atoms with Crippen molar-refractivity contribution in [3.05, 3.63) is 94.0 Å². The fraction of sp³-hybridized carbons (Fsp3) is 0.148. The summed E-state index contributed by atoms with van der Waals surface area (Å²) in [5.41, 5.74) is 0.662. The van der Waals surface area contributed by atoms with Crippen LogP contribution in [0.15, 0.2) is 72.3 Å². The zero-order chi connectivity index (χ0) is 26.0. The number of aliphatic hydroxyl groups excluding tert-OH is 1. The summed E-state index contributed by atoms with van der Waals surface area (Å²) < 4.78 is 10.4. The van der Waals surface area contributed by atoms with E-state index in [2.05, 4.69) is 0 Å². The van der Waals surface area contributed by atoms with Crippen LogP contribution in [0, 0.1) is 0 Å². The molecule has 184 valence electrons. The number of phenolic OH excluding ortho intramolecular Hbond substituents is 1. The predicted molar refractivity (Wildman–Crippen MR) is 133 cm³/mol. The molecule has 0 bridgehead atoms. The van der Waals surface area contributed by atoms with E-state index >= 15 is 0 Å². The number of aliphatic hydroxyl groups is 1. The molecule has 1 saturated heterocycles. The first kappa shape index (κ1) is 24.8. The van der Waals surface area contributed by atoms with Crippen molar-refractivity contribution in [3.63, 3.8) is 0 Å². The van der Waals surface area contributed by atoms with Crippen LogP contribution in [0.2, 0.25) is 5.02 Å². The van der Waals surface area contributed by atoms with Gasteiger partial charge in [0.05, 0.1) is 36.5 Å². The molecule has 1 amide bonds. The number of carbonyl (C=O) groups is 3. The minimum atomic E-state index is -1.13. The van der Waals surface area contributed by atoms with Gasteiger partial charge >= 0.3 is 5.97 Å². The molecule has 0 spiro atoms. The maximum absolute atomic E-state index is 13.3. The highest BCUT2D eigenvalue weighted by Crippen LogP contribution is 2.44. The Morgan fingerprint density at radius 2 is 1.81 bits per heavy atom. The molecule has 1 aliphatic rings. The smallest absolute Gasteiger partial charge is 0.338 e. The minimum Gasteiger partial charge on any atom is -0.508 e. The number of ether oxygens (including phenoxy) is 2. The van der Waals surface area contributed by atoms with Gasteiger partial charge in [-0.3, -0.25) is 14.5 Å². The number of rotatable bonds is 6. The number of carbonyl (C=O) groups excluding carboxylic acids is 3. The van der Waals surface area contributed by atoms with Crippen LogP contribution in [0.3, 0.4) is 0 Å². The predicted octanol–water partition coefficient (Wildman–Crippen LogP) is 4.86. The molecule has 1 aliphatic heterocycles. The van der Waals surface area contributed by atoms with Crippen LogP contribution in [0.5, 0.6) is 11.5 Å². The first-order valence-electron chi connectivity index (χ1n) is 11.0. The maximum atomic E-state index is 13.3. The third kappa shape index (κ3) is 4.50. The van der Waals surface area contributed by atoms with Gasteiger partial charge < -0.3 is 19.7 Å². The van der Waals surface area contributed by atoms with Crippen molar-refractivity contribution in [2.24, 2.45) is 0 Å². The molecule has 1 atom stereocenters. The molecule has 3 aromatic carbocycles. The molecule has 0 aliphatic carbocycles. The average Bonchev–Trinajstić information content (AvgIpc) is 3.14. The summed E-state index contributed by atoms with van der Waals surface area (Å²) in [4.78, 5) is 40.2. The number of ketones is 1. The van der Waals surface area contributed by atoms with Gasteiger partial charge in [-0.15, -0.1) is 0 Å². The van der Waals surface area contributed by atoms with Gasteiger partial charge in [0.25, 0.3) is 11.7 Å². The lowest BCUT2D eigenvalue weighted by Crippen LogP contribution is -2.29. The van der Waals surface area contributed by atoms with Crippen molar-refractivity contribution in [1.29, 1.82) is 0 Å². The fourth-order valence-electron chi connectivity index (χ4n) is 4.12. The third-order valence-electron chi connectivity index (χ3n) is 5.68. The van der Waals surface area contributed by atoms with Gasteiger partial charge in [-0.25, -0.2) is 4.79 Å². The van der Waals surface area contributed by atoms with E-state index in [0.29, 0.717) is 5.56 Å². The van der Waals surface area contributed by atoms with Crippen molar-refractivity contribution >= 4 is 40.7 Å². The normalized spacial score (nSPS) is 16.8. The van der Waals surface area contributed by atoms with Crippen molar-refractivity contribution in [1.82, 2.24) is 0 Å². The summed E-state index contributed by atoms with van der Waals surface area (Å²) >= 11 is 6.13. The number of esters is 1. The Morgan fingerprint density at radius 1 is 1.06 bits per heavy atom. The summed E-state index contributed by atoms with van der Waals surface area (Å²) in [7, 11) is 1.40. The number of anilines is 1. The van der Waals surface area contributed by atoms with Gasteiger partial charge in [-0.1, -0.05) is 29.8 Å². The van der Waals surface area contributed by atoms with Gasteiger partial charge in [0, 0.05) is 10.7 Å². The van der Waals surface area contributed by atoms with Crippen molar-refractivity contribution < 1.29 is 34.1 Å². The summed E-state index contributed by atoms with van der Waals surface area (Å²) in [6.07, 6.45) is 0. The second-order valence-electron chi connectivity index (χ2n) is 7.88. The average molecular weight is 508 g/mol. The summed E-state index contributed by atoms with van der Waals surface area (Å²) in [6, 6.07) is 15.5. The minimum absolute atomic E-state index is 0.0984.